The summed E-state index contributed by atoms with van der Waals surface area (Å²) in [6.07, 6.45) is -2.33. The third kappa shape index (κ3) is 9.55. The lowest BCUT2D eigenvalue weighted by Gasteiger charge is -2.47. The van der Waals surface area contributed by atoms with Crippen LogP contribution in [0.25, 0.3) is 0 Å². The Hall–Kier alpha value is -3.99. The topological polar surface area (TPSA) is 92.7 Å². The molecular formula is C40H42O8. The van der Waals surface area contributed by atoms with E-state index in [1.54, 1.807) is 0 Å². The summed E-state index contributed by atoms with van der Waals surface area (Å²) in [6, 6.07) is 39.7. The van der Waals surface area contributed by atoms with Gasteiger partial charge in [0.1, 0.15) is 30.5 Å². The molecule has 0 aliphatic carbocycles. The maximum absolute atomic E-state index is 12.9. The monoisotopic (exact) mass is 650 g/mol. The summed E-state index contributed by atoms with van der Waals surface area (Å²) in [7, 11) is 0. The van der Waals surface area contributed by atoms with Crippen LogP contribution in [0.2, 0.25) is 0 Å². The van der Waals surface area contributed by atoms with E-state index in [9.17, 15) is 9.90 Å². The number of hydrogen-bond donors (Lipinski definition) is 1. The molecule has 2 aliphatic rings. The zero-order valence-corrected chi connectivity index (χ0v) is 26.8. The van der Waals surface area contributed by atoms with E-state index in [0.717, 1.165) is 22.3 Å². The maximum Gasteiger partial charge on any atom is 0.184 e. The Balaban J connectivity index is 1.31. The van der Waals surface area contributed by atoms with Crippen molar-refractivity contribution in [3.8, 4) is 0 Å². The number of ketones is 1. The minimum atomic E-state index is -1.18. The molecule has 0 spiro atoms. The summed E-state index contributed by atoms with van der Waals surface area (Å²) in [5.41, 5.74) is 4.03. The van der Waals surface area contributed by atoms with Gasteiger partial charge in [0.15, 0.2) is 12.1 Å². The highest BCUT2D eigenvalue weighted by atomic mass is 16.6. The van der Waals surface area contributed by atoms with E-state index in [1.807, 2.05) is 121 Å². The average Bonchev–Trinajstić information content (AvgIpc) is 3.13. The second-order valence-corrected chi connectivity index (χ2v) is 12.0. The van der Waals surface area contributed by atoms with E-state index >= 15 is 0 Å². The Morgan fingerprint density at radius 3 is 1.48 bits per heavy atom. The van der Waals surface area contributed by atoms with Gasteiger partial charge in [0.05, 0.1) is 39.1 Å². The highest BCUT2D eigenvalue weighted by molar-refractivity contribution is 5.94. The normalized spacial score (nSPS) is 25.6. The molecule has 2 heterocycles. The van der Waals surface area contributed by atoms with E-state index in [-0.39, 0.29) is 18.8 Å². The first-order valence-corrected chi connectivity index (χ1v) is 16.4. The second-order valence-electron chi connectivity index (χ2n) is 12.0. The Bertz CT molecular complexity index is 1550. The van der Waals surface area contributed by atoms with Crippen LogP contribution in [-0.4, -0.2) is 60.4 Å². The fourth-order valence-corrected chi connectivity index (χ4v) is 6.02. The summed E-state index contributed by atoms with van der Waals surface area (Å²) in [4.78, 5) is 12.9. The van der Waals surface area contributed by atoms with Crippen LogP contribution in [0.4, 0.5) is 0 Å². The molecule has 1 saturated heterocycles. The SMILES string of the molecule is O=C1C=C[C@H](O)OC1C[C@@H]1OC(COCc2ccccc2)[C@@H](OCc2ccccc2)[C@H](OCc2ccccc2)C1OCc1ccccc1. The van der Waals surface area contributed by atoms with E-state index in [4.69, 9.17) is 28.4 Å². The zero-order chi connectivity index (χ0) is 33.0. The predicted molar refractivity (Wildman–Crippen MR) is 179 cm³/mol. The number of aliphatic hydroxyl groups excluding tert-OH is 1. The van der Waals surface area contributed by atoms with Gasteiger partial charge < -0.3 is 33.5 Å². The van der Waals surface area contributed by atoms with Crippen LogP contribution in [0.15, 0.2) is 133 Å². The van der Waals surface area contributed by atoms with Crippen LogP contribution < -0.4 is 0 Å². The van der Waals surface area contributed by atoms with Crippen molar-refractivity contribution in [2.24, 2.45) is 0 Å². The summed E-state index contributed by atoms with van der Waals surface area (Å²) in [5.74, 6) is -0.244. The molecule has 8 nitrogen and oxygen atoms in total. The molecule has 4 aromatic carbocycles. The van der Waals surface area contributed by atoms with Crippen LogP contribution in [0.1, 0.15) is 28.7 Å². The van der Waals surface area contributed by atoms with E-state index in [2.05, 4.69) is 0 Å². The average molecular weight is 651 g/mol. The van der Waals surface area contributed by atoms with Crippen LogP contribution >= 0.6 is 0 Å². The number of rotatable bonds is 15. The molecule has 0 bridgehead atoms. The van der Waals surface area contributed by atoms with Crippen molar-refractivity contribution >= 4 is 5.78 Å². The van der Waals surface area contributed by atoms with E-state index in [0.29, 0.717) is 26.4 Å². The van der Waals surface area contributed by atoms with Crippen molar-refractivity contribution in [1.82, 2.24) is 0 Å². The van der Waals surface area contributed by atoms with Crippen LogP contribution in [0, 0.1) is 0 Å². The highest BCUT2D eigenvalue weighted by Crippen LogP contribution is 2.34. The van der Waals surface area contributed by atoms with Crippen molar-refractivity contribution in [2.75, 3.05) is 6.61 Å². The third-order valence-corrected chi connectivity index (χ3v) is 8.47. The molecule has 1 N–H and O–H groups in total. The molecule has 0 saturated carbocycles. The quantitative estimate of drug-likeness (QED) is 0.169. The largest absolute Gasteiger partial charge is 0.374 e. The third-order valence-electron chi connectivity index (χ3n) is 8.47. The molecule has 4 aromatic rings. The van der Waals surface area contributed by atoms with Crippen molar-refractivity contribution in [1.29, 1.82) is 0 Å². The lowest BCUT2D eigenvalue weighted by atomic mass is 9.90. The maximum atomic E-state index is 12.9. The van der Waals surface area contributed by atoms with Crippen LogP contribution in [0.3, 0.4) is 0 Å². The number of aliphatic hydroxyl groups is 1. The minimum absolute atomic E-state index is 0.144. The van der Waals surface area contributed by atoms with Gasteiger partial charge in [-0.25, -0.2) is 0 Å². The fraction of sp³-hybridized carbons (Fsp3) is 0.325. The first-order valence-electron chi connectivity index (χ1n) is 16.4. The lowest BCUT2D eigenvalue weighted by molar-refractivity contribution is -0.277. The van der Waals surface area contributed by atoms with Crippen molar-refractivity contribution in [2.45, 2.75) is 75.8 Å². The molecule has 8 heteroatoms. The van der Waals surface area contributed by atoms with Gasteiger partial charge in [-0.15, -0.1) is 0 Å². The van der Waals surface area contributed by atoms with Gasteiger partial charge in [0, 0.05) is 6.42 Å². The first-order chi connectivity index (χ1) is 23.6. The molecule has 2 aliphatic heterocycles. The summed E-state index contributed by atoms with van der Waals surface area (Å²) in [5, 5.41) is 10.2. The first kappa shape index (κ1) is 33.9. The Kier molecular flexibility index (Phi) is 12.3. The summed E-state index contributed by atoms with van der Waals surface area (Å²) >= 11 is 0. The molecule has 0 radical (unpaired) electrons. The number of carbonyl (C=O) groups is 1. The molecule has 48 heavy (non-hydrogen) atoms. The minimum Gasteiger partial charge on any atom is -0.374 e. The highest BCUT2D eigenvalue weighted by Gasteiger charge is 2.49. The number of carbonyl (C=O) groups excluding carboxylic acids is 1. The van der Waals surface area contributed by atoms with Gasteiger partial charge in [0.2, 0.25) is 0 Å². The standard InChI is InChI=1S/C40H42O8/c41-33-21-22-37(42)48-34(33)23-35-38(44-25-30-15-7-2-8-16-30)40(46-27-32-19-11-4-12-20-32)39(45-26-31-17-9-3-10-18-31)36(47-35)28-43-24-29-13-5-1-6-14-29/h1-22,34-40,42H,23-28H2/t34?,35-,36?,37+,38?,39+,40+/m0/s1. The van der Waals surface area contributed by atoms with Crippen molar-refractivity contribution in [3.05, 3.63) is 156 Å². The van der Waals surface area contributed by atoms with Gasteiger partial charge in [-0.05, 0) is 34.4 Å². The van der Waals surface area contributed by atoms with Crippen molar-refractivity contribution in [3.63, 3.8) is 0 Å². The van der Waals surface area contributed by atoms with Gasteiger partial charge in [-0.3, -0.25) is 4.79 Å². The van der Waals surface area contributed by atoms with Gasteiger partial charge in [-0.2, -0.15) is 0 Å². The summed E-state index contributed by atoms with van der Waals surface area (Å²) in [6.45, 7) is 1.53. The predicted octanol–water partition coefficient (Wildman–Crippen LogP) is 5.96. The molecule has 7 atom stereocenters. The molecule has 0 amide bonds. The van der Waals surface area contributed by atoms with Gasteiger partial charge in [0.25, 0.3) is 0 Å². The lowest BCUT2D eigenvalue weighted by Crippen LogP contribution is -2.62. The molecule has 1 fully saturated rings. The van der Waals surface area contributed by atoms with E-state index in [1.165, 1.54) is 12.2 Å². The van der Waals surface area contributed by atoms with Crippen molar-refractivity contribution < 1.29 is 38.3 Å². The molecule has 0 aromatic heterocycles. The van der Waals surface area contributed by atoms with Crippen LogP contribution in [0.5, 0.6) is 0 Å². The zero-order valence-electron chi connectivity index (χ0n) is 26.8. The second kappa shape index (κ2) is 17.4. The smallest absolute Gasteiger partial charge is 0.184 e. The summed E-state index contributed by atoms with van der Waals surface area (Å²) < 4.78 is 38.8. The number of ether oxygens (including phenoxy) is 6. The fourth-order valence-electron chi connectivity index (χ4n) is 6.02. The Morgan fingerprint density at radius 1 is 0.542 bits per heavy atom. The molecule has 3 unspecified atom stereocenters. The molecule has 250 valence electrons. The number of benzene rings is 4. The molecular weight excluding hydrogens is 608 g/mol. The number of hydrogen-bond acceptors (Lipinski definition) is 8. The van der Waals surface area contributed by atoms with Crippen LogP contribution in [-0.2, 0) is 59.6 Å². The molecule has 6 rings (SSSR count). The van der Waals surface area contributed by atoms with Gasteiger partial charge >= 0.3 is 0 Å². The van der Waals surface area contributed by atoms with E-state index < -0.39 is 42.9 Å². The Morgan fingerprint density at radius 2 is 0.979 bits per heavy atom. The Labute approximate surface area is 281 Å². The van der Waals surface area contributed by atoms with Gasteiger partial charge in [-0.1, -0.05) is 121 Å².